The lowest BCUT2D eigenvalue weighted by molar-refractivity contribution is -0.130. The summed E-state index contributed by atoms with van der Waals surface area (Å²) >= 11 is 0. The molecule has 0 heterocycles. The minimum absolute atomic E-state index is 0.114. The van der Waals surface area contributed by atoms with E-state index in [-0.39, 0.29) is 28.7 Å². The Bertz CT molecular complexity index is 879. The van der Waals surface area contributed by atoms with Gasteiger partial charge in [0.2, 0.25) is 0 Å². The molecule has 0 saturated carbocycles. The first-order chi connectivity index (χ1) is 11.9. The molecule has 1 N–H and O–H groups in total. The van der Waals surface area contributed by atoms with Crippen molar-refractivity contribution in [1.29, 1.82) is 0 Å². The summed E-state index contributed by atoms with van der Waals surface area (Å²) in [6.45, 7) is 2.68. The van der Waals surface area contributed by atoms with E-state index in [9.17, 15) is 19.5 Å². The van der Waals surface area contributed by atoms with Crippen LogP contribution >= 0.6 is 0 Å². The van der Waals surface area contributed by atoms with Crippen LogP contribution in [0.2, 0.25) is 0 Å². The molecule has 4 heteroatoms. The standard InChI is InChI=1S/C21H18O4/c1-12(22)17(13(2)23)18(14-8-4-3-5-9-14)19-20(24)15-10-6-7-11-16(15)21(19)25/h3-11,17-18,24H,1-2H3/t18-/m0/s1. The topological polar surface area (TPSA) is 71.4 Å². The number of carbonyl (C=O) groups is 3. The first-order valence-corrected chi connectivity index (χ1v) is 8.06. The number of aliphatic hydroxyl groups is 1. The van der Waals surface area contributed by atoms with Gasteiger partial charge in [-0.15, -0.1) is 0 Å². The normalized spacial score (nSPS) is 14.6. The lowest BCUT2D eigenvalue weighted by atomic mass is 9.75. The number of ketones is 3. The Labute approximate surface area is 145 Å². The van der Waals surface area contributed by atoms with Crippen molar-refractivity contribution in [3.8, 4) is 0 Å². The Morgan fingerprint density at radius 2 is 1.36 bits per heavy atom. The fraction of sp³-hybridized carbons (Fsp3) is 0.190. The van der Waals surface area contributed by atoms with Crippen molar-refractivity contribution in [2.75, 3.05) is 0 Å². The van der Waals surface area contributed by atoms with Gasteiger partial charge in [0.15, 0.2) is 5.78 Å². The third-order valence-corrected chi connectivity index (χ3v) is 4.61. The van der Waals surface area contributed by atoms with Gasteiger partial charge >= 0.3 is 0 Å². The molecule has 0 aliphatic heterocycles. The van der Waals surface area contributed by atoms with Crippen molar-refractivity contribution >= 4 is 23.1 Å². The number of rotatable bonds is 5. The fourth-order valence-electron chi connectivity index (χ4n) is 3.52. The van der Waals surface area contributed by atoms with E-state index in [0.717, 1.165) is 0 Å². The highest BCUT2D eigenvalue weighted by atomic mass is 16.3. The zero-order valence-corrected chi connectivity index (χ0v) is 14.0. The molecule has 1 aliphatic carbocycles. The molecule has 0 bridgehead atoms. The number of fused-ring (bicyclic) bond motifs is 1. The molecule has 0 saturated heterocycles. The number of aliphatic hydroxyl groups excluding tert-OH is 1. The van der Waals surface area contributed by atoms with Crippen LogP contribution in [-0.4, -0.2) is 22.5 Å². The molecule has 2 aromatic carbocycles. The zero-order chi connectivity index (χ0) is 18.1. The maximum absolute atomic E-state index is 12.9. The molecule has 4 nitrogen and oxygen atoms in total. The molecule has 2 aromatic rings. The maximum Gasteiger partial charge on any atom is 0.194 e. The summed E-state index contributed by atoms with van der Waals surface area (Å²) in [4.78, 5) is 37.3. The Morgan fingerprint density at radius 1 is 0.840 bits per heavy atom. The fourth-order valence-corrected chi connectivity index (χ4v) is 3.52. The van der Waals surface area contributed by atoms with Crippen molar-refractivity contribution < 1.29 is 19.5 Å². The van der Waals surface area contributed by atoms with Gasteiger partial charge in [0.1, 0.15) is 17.3 Å². The van der Waals surface area contributed by atoms with Crippen LogP contribution in [0.4, 0.5) is 0 Å². The van der Waals surface area contributed by atoms with Crippen molar-refractivity contribution in [3.05, 3.63) is 76.9 Å². The number of allylic oxidation sites excluding steroid dienone is 1. The van der Waals surface area contributed by atoms with Gasteiger partial charge in [-0.1, -0.05) is 54.6 Å². The first kappa shape index (κ1) is 16.8. The van der Waals surface area contributed by atoms with E-state index in [2.05, 4.69) is 0 Å². The van der Waals surface area contributed by atoms with Crippen molar-refractivity contribution in [3.63, 3.8) is 0 Å². The number of benzene rings is 2. The largest absolute Gasteiger partial charge is 0.507 e. The Hall–Kier alpha value is -3.01. The molecule has 0 radical (unpaired) electrons. The lowest BCUT2D eigenvalue weighted by Gasteiger charge is -2.24. The molecule has 0 amide bonds. The summed E-state index contributed by atoms with van der Waals surface area (Å²) in [6, 6.07) is 15.7. The minimum atomic E-state index is -1.02. The second kappa shape index (κ2) is 6.48. The van der Waals surface area contributed by atoms with E-state index >= 15 is 0 Å². The van der Waals surface area contributed by atoms with Crippen LogP contribution in [0.1, 0.15) is 41.3 Å². The van der Waals surface area contributed by atoms with Crippen LogP contribution in [0.15, 0.2) is 60.2 Å². The molecule has 126 valence electrons. The third kappa shape index (κ3) is 2.80. The monoisotopic (exact) mass is 334 g/mol. The molecule has 0 spiro atoms. The van der Waals surface area contributed by atoms with Crippen molar-refractivity contribution in [2.24, 2.45) is 5.92 Å². The maximum atomic E-state index is 12.9. The zero-order valence-electron chi connectivity index (χ0n) is 14.0. The van der Waals surface area contributed by atoms with Crippen molar-refractivity contribution in [2.45, 2.75) is 19.8 Å². The van der Waals surface area contributed by atoms with E-state index in [0.29, 0.717) is 16.7 Å². The predicted octanol–water partition coefficient (Wildman–Crippen LogP) is 3.73. The van der Waals surface area contributed by atoms with Gasteiger partial charge in [0.05, 0.1) is 11.5 Å². The smallest absolute Gasteiger partial charge is 0.194 e. The Balaban J connectivity index is 2.23. The van der Waals surface area contributed by atoms with Crippen LogP contribution in [0.3, 0.4) is 0 Å². The Kier molecular flexibility index (Phi) is 4.36. The van der Waals surface area contributed by atoms with Crippen molar-refractivity contribution in [1.82, 2.24) is 0 Å². The van der Waals surface area contributed by atoms with Crippen LogP contribution < -0.4 is 0 Å². The highest BCUT2D eigenvalue weighted by Crippen LogP contribution is 2.43. The average Bonchev–Trinajstić information content (AvgIpc) is 2.84. The van der Waals surface area contributed by atoms with E-state index in [1.807, 2.05) is 6.07 Å². The quantitative estimate of drug-likeness (QED) is 0.846. The SMILES string of the molecule is CC(=O)C(C(C)=O)[C@@H](C1=C(O)c2ccccc2C1=O)c1ccccc1. The van der Waals surface area contributed by atoms with Gasteiger partial charge in [-0.25, -0.2) is 0 Å². The molecular formula is C21H18O4. The molecule has 0 aromatic heterocycles. The summed E-state index contributed by atoms with van der Waals surface area (Å²) in [7, 11) is 0. The number of hydrogen-bond donors (Lipinski definition) is 1. The number of hydrogen-bond acceptors (Lipinski definition) is 4. The minimum Gasteiger partial charge on any atom is -0.507 e. The highest BCUT2D eigenvalue weighted by molar-refractivity contribution is 6.21. The van der Waals surface area contributed by atoms with E-state index < -0.39 is 11.8 Å². The van der Waals surface area contributed by atoms with E-state index in [4.69, 9.17) is 0 Å². The second-order valence-electron chi connectivity index (χ2n) is 6.22. The summed E-state index contributed by atoms with van der Waals surface area (Å²) in [6.07, 6.45) is 0. The van der Waals surface area contributed by atoms with Gasteiger partial charge in [-0.05, 0) is 19.4 Å². The van der Waals surface area contributed by atoms with E-state index in [1.54, 1.807) is 48.5 Å². The summed E-state index contributed by atoms with van der Waals surface area (Å²) in [5.41, 5.74) is 1.60. The van der Waals surface area contributed by atoms with Gasteiger partial charge in [-0.3, -0.25) is 14.4 Å². The molecule has 3 rings (SSSR count). The average molecular weight is 334 g/mol. The first-order valence-electron chi connectivity index (χ1n) is 8.06. The van der Waals surface area contributed by atoms with E-state index in [1.165, 1.54) is 13.8 Å². The lowest BCUT2D eigenvalue weighted by Crippen LogP contribution is -2.30. The highest BCUT2D eigenvalue weighted by Gasteiger charge is 2.42. The molecule has 25 heavy (non-hydrogen) atoms. The molecule has 0 fully saturated rings. The van der Waals surface area contributed by atoms with Gasteiger partial charge in [0, 0.05) is 17.0 Å². The van der Waals surface area contributed by atoms with Gasteiger partial charge in [0.25, 0.3) is 0 Å². The number of Topliss-reactive ketones (excluding diaryl/α,β-unsaturated/α-hetero) is 3. The Morgan fingerprint density at radius 3 is 1.88 bits per heavy atom. The summed E-state index contributed by atoms with van der Waals surface area (Å²) in [5, 5.41) is 10.7. The van der Waals surface area contributed by atoms with Crippen LogP contribution in [0, 0.1) is 5.92 Å². The second-order valence-corrected chi connectivity index (χ2v) is 6.22. The van der Waals surface area contributed by atoms with Gasteiger partial charge in [-0.2, -0.15) is 0 Å². The predicted molar refractivity (Wildman–Crippen MR) is 94.4 cm³/mol. The van der Waals surface area contributed by atoms with Crippen LogP contribution in [0.25, 0.3) is 5.76 Å². The van der Waals surface area contributed by atoms with Crippen LogP contribution in [-0.2, 0) is 9.59 Å². The van der Waals surface area contributed by atoms with Gasteiger partial charge < -0.3 is 5.11 Å². The third-order valence-electron chi connectivity index (χ3n) is 4.61. The summed E-state index contributed by atoms with van der Waals surface area (Å²) in [5.74, 6) is -2.97. The molecular weight excluding hydrogens is 316 g/mol. The molecule has 1 atom stereocenters. The number of carbonyl (C=O) groups excluding carboxylic acids is 3. The van der Waals surface area contributed by atoms with Crippen LogP contribution in [0.5, 0.6) is 0 Å². The molecule has 1 aliphatic rings. The molecule has 0 unspecified atom stereocenters. The summed E-state index contributed by atoms with van der Waals surface area (Å²) < 4.78 is 0.